The van der Waals surface area contributed by atoms with Crippen molar-refractivity contribution >= 4 is 10.0 Å². The predicted octanol–water partition coefficient (Wildman–Crippen LogP) is 0.962. The van der Waals surface area contributed by atoms with Gasteiger partial charge < -0.3 is 19.3 Å². The van der Waals surface area contributed by atoms with E-state index in [0.29, 0.717) is 24.6 Å². The van der Waals surface area contributed by atoms with Gasteiger partial charge in [-0.25, -0.2) is 8.42 Å². The molecular weight excluding hydrogens is 342 g/mol. The Labute approximate surface area is 151 Å². The zero-order valence-corrected chi connectivity index (χ0v) is 16.4. The van der Waals surface area contributed by atoms with E-state index in [9.17, 15) is 8.42 Å². The van der Waals surface area contributed by atoms with E-state index in [-0.39, 0.29) is 4.90 Å². The van der Waals surface area contributed by atoms with Crippen LogP contribution in [0.5, 0.6) is 11.5 Å². The maximum absolute atomic E-state index is 13.0. The van der Waals surface area contributed by atoms with Crippen LogP contribution in [-0.2, 0) is 10.0 Å². The molecule has 1 aliphatic heterocycles. The lowest BCUT2D eigenvalue weighted by Gasteiger charge is -2.34. The zero-order valence-electron chi connectivity index (χ0n) is 15.6. The summed E-state index contributed by atoms with van der Waals surface area (Å²) in [5.74, 6) is 0.843. The van der Waals surface area contributed by atoms with Crippen molar-refractivity contribution in [1.82, 2.24) is 14.1 Å². The molecule has 0 aromatic heterocycles. The second-order valence-electron chi connectivity index (χ2n) is 6.42. The molecule has 142 valence electrons. The molecule has 1 heterocycles. The van der Waals surface area contributed by atoms with Gasteiger partial charge in [0, 0.05) is 32.2 Å². The number of piperazine rings is 1. The molecule has 0 aliphatic carbocycles. The largest absolute Gasteiger partial charge is 0.497 e. The third kappa shape index (κ3) is 5.07. The molecule has 1 aliphatic rings. The van der Waals surface area contributed by atoms with Crippen molar-refractivity contribution in [2.24, 2.45) is 0 Å². The molecule has 8 heteroatoms. The molecule has 0 amide bonds. The zero-order chi connectivity index (χ0) is 18.4. The number of nitrogens with zero attached hydrogens (tertiary/aromatic N) is 3. The fraction of sp³-hybridized carbons (Fsp3) is 0.647. The third-order valence-corrected chi connectivity index (χ3v) is 6.32. The van der Waals surface area contributed by atoms with Crippen LogP contribution in [0, 0.1) is 0 Å². The molecule has 0 saturated carbocycles. The van der Waals surface area contributed by atoms with Crippen LogP contribution in [-0.4, -0.2) is 90.1 Å². The summed E-state index contributed by atoms with van der Waals surface area (Å²) < 4.78 is 38.0. The van der Waals surface area contributed by atoms with Crippen LogP contribution >= 0.6 is 0 Å². The molecular formula is C17H29N3O4S. The number of hydrogen-bond acceptors (Lipinski definition) is 6. The van der Waals surface area contributed by atoms with Gasteiger partial charge >= 0.3 is 0 Å². The number of ether oxygens (including phenoxy) is 2. The van der Waals surface area contributed by atoms with E-state index in [1.807, 2.05) is 0 Å². The summed E-state index contributed by atoms with van der Waals surface area (Å²) in [6.07, 6.45) is 1.09. The van der Waals surface area contributed by atoms with Crippen molar-refractivity contribution in [3.63, 3.8) is 0 Å². The number of hydrogen-bond donors (Lipinski definition) is 0. The third-order valence-electron chi connectivity index (χ3n) is 4.40. The first-order valence-corrected chi connectivity index (χ1v) is 9.91. The topological polar surface area (TPSA) is 62.3 Å². The second kappa shape index (κ2) is 8.84. The van der Waals surface area contributed by atoms with Gasteiger partial charge in [0.1, 0.15) is 16.4 Å². The van der Waals surface area contributed by atoms with Gasteiger partial charge in [-0.2, -0.15) is 4.31 Å². The Morgan fingerprint density at radius 2 is 1.76 bits per heavy atom. The molecule has 0 unspecified atom stereocenters. The lowest BCUT2D eigenvalue weighted by Crippen LogP contribution is -2.49. The number of sulfonamides is 1. The monoisotopic (exact) mass is 371 g/mol. The predicted molar refractivity (Wildman–Crippen MR) is 97.9 cm³/mol. The van der Waals surface area contributed by atoms with Crippen molar-refractivity contribution in [3.8, 4) is 11.5 Å². The Morgan fingerprint density at radius 1 is 1.08 bits per heavy atom. The minimum Gasteiger partial charge on any atom is -0.497 e. The van der Waals surface area contributed by atoms with Gasteiger partial charge in [-0.1, -0.05) is 0 Å². The van der Waals surface area contributed by atoms with E-state index in [1.165, 1.54) is 24.6 Å². The van der Waals surface area contributed by atoms with E-state index in [2.05, 4.69) is 23.9 Å². The maximum Gasteiger partial charge on any atom is 0.246 e. The molecule has 1 saturated heterocycles. The first-order valence-electron chi connectivity index (χ1n) is 8.47. The van der Waals surface area contributed by atoms with Crippen LogP contribution in [0.25, 0.3) is 0 Å². The average molecular weight is 372 g/mol. The van der Waals surface area contributed by atoms with Gasteiger partial charge in [-0.3, -0.25) is 0 Å². The fourth-order valence-corrected chi connectivity index (χ4v) is 4.52. The molecule has 2 rings (SSSR count). The SMILES string of the molecule is COc1ccc(OC)c(S(=O)(=O)N2CCN(CCCN(C)C)CC2)c1. The van der Waals surface area contributed by atoms with Crippen LogP contribution in [0.3, 0.4) is 0 Å². The van der Waals surface area contributed by atoms with Gasteiger partial charge in [0.05, 0.1) is 14.2 Å². The molecule has 0 spiro atoms. The summed E-state index contributed by atoms with van der Waals surface area (Å²) in [6, 6.07) is 4.85. The van der Waals surface area contributed by atoms with Gasteiger partial charge in [0.15, 0.2) is 0 Å². The summed E-state index contributed by atoms with van der Waals surface area (Å²) >= 11 is 0. The Kier molecular flexibility index (Phi) is 7.06. The van der Waals surface area contributed by atoms with E-state index in [0.717, 1.165) is 32.6 Å². The minimum absolute atomic E-state index is 0.162. The van der Waals surface area contributed by atoms with Crippen LogP contribution in [0.15, 0.2) is 23.1 Å². The maximum atomic E-state index is 13.0. The summed E-state index contributed by atoms with van der Waals surface area (Å²) in [5, 5.41) is 0. The van der Waals surface area contributed by atoms with Crippen LogP contribution in [0.4, 0.5) is 0 Å². The normalized spacial score (nSPS) is 17.0. The highest BCUT2D eigenvalue weighted by molar-refractivity contribution is 7.89. The summed E-state index contributed by atoms with van der Waals surface area (Å²) in [4.78, 5) is 4.64. The highest BCUT2D eigenvalue weighted by Gasteiger charge is 2.31. The van der Waals surface area contributed by atoms with Gasteiger partial charge in [0.2, 0.25) is 10.0 Å². The van der Waals surface area contributed by atoms with Gasteiger partial charge in [-0.05, 0) is 45.7 Å². The molecule has 25 heavy (non-hydrogen) atoms. The number of methoxy groups -OCH3 is 2. The smallest absolute Gasteiger partial charge is 0.246 e. The minimum atomic E-state index is -3.60. The van der Waals surface area contributed by atoms with Gasteiger partial charge in [-0.15, -0.1) is 0 Å². The quantitative estimate of drug-likeness (QED) is 0.678. The molecule has 1 aromatic rings. The molecule has 0 N–H and O–H groups in total. The Bertz CT molecular complexity index is 656. The average Bonchev–Trinajstić information content (AvgIpc) is 2.61. The van der Waals surface area contributed by atoms with E-state index >= 15 is 0 Å². The standard InChI is InChI=1S/C17H29N3O4S/c1-18(2)8-5-9-19-10-12-20(13-11-19)25(21,22)17-14-15(23-3)6-7-16(17)24-4/h6-7,14H,5,8-13H2,1-4H3. The summed E-state index contributed by atoms with van der Waals surface area (Å²) in [7, 11) is 3.52. The van der Waals surface area contributed by atoms with Crippen LogP contribution < -0.4 is 9.47 Å². The first kappa shape index (κ1) is 20.0. The van der Waals surface area contributed by atoms with E-state index in [1.54, 1.807) is 12.1 Å². The van der Waals surface area contributed by atoms with E-state index in [4.69, 9.17) is 9.47 Å². The first-order chi connectivity index (χ1) is 11.9. The van der Waals surface area contributed by atoms with Crippen molar-refractivity contribution in [2.75, 3.05) is 67.6 Å². The highest BCUT2D eigenvalue weighted by atomic mass is 32.2. The second-order valence-corrected chi connectivity index (χ2v) is 8.33. The molecule has 0 atom stereocenters. The lowest BCUT2D eigenvalue weighted by molar-refractivity contribution is 0.181. The summed E-state index contributed by atoms with van der Waals surface area (Å²) in [5.41, 5.74) is 0. The fourth-order valence-electron chi connectivity index (χ4n) is 2.93. The summed E-state index contributed by atoms with van der Waals surface area (Å²) in [6.45, 7) is 4.52. The van der Waals surface area contributed by atoms with Gasteiger partial charge in [0.25, 0.3) is 0 Å². The van der Waals surface area contributed by atoms with Crippen LogP contribution in [0.2, 0.25) is 0 Å². The Hall–Kier alpha value is -1.35. The molecule has 7 nitrogen and oxygen atoms in total. The Morgan fingerprint density at radius 3 is 2.32 bits per heavy atom. The van der Waals surface area contributed by atoms with Crippen molar-refractivity contribution in [2.45, 2.75) is 11.3 Å². The Balaban J connectivity index is 2.04. The molecule has 1 aromatic carbocycles. The highest BCUT2D eigenvalue weighted by Crippen LogP contribution is 2.31. The number of rotatable bonds is 8. The molecule has 0 radical (unpaired) electrons. The van der Waals surface area contributed by atoms with E-state index < -0.39 is 10.0 Å². The van der Waals surface area contributed by atoms with Crippen molar-refractivity contribution in [3.05, 3.63) is 18.2 Å². The van der Waals surface area contributed by atoms with Crippen molar-refractivity contribution in [1.29, 1.82) is 0 Å². The lowest BCUT2D eigenvalue weighted by atomic mass is 10.3. The number of benzene rings is 1. The molecule has 1 fully saturated rings. The molecule has 0 bridgehead atoms. The van der Waals surface area contributed by atoms with Crippen molar-refractivity contribution < 1.29 is 17.9 Å². The van der Waals surface area contributed by atoms with Crippen LogP contribution in [0.1, 0.15) is 6.42 Å².